The molecule has 0 bridgehead atoms. The molecular formula is C13H23NO4. The molecular weight excluding hydrogens is 234 g/mol. The van der Waals surface area contributed by atoms with E-state index in [1.807, 2.05) is 20.8 Å². The highest BCUT2D eigenvalue weighted by molar-refractivity contribution is 5.68. The molecule has 104 valence electrons. The van der Waals surface area contributed by atoms with Crippen LogP contribution >= 0.6 is 0 Å². The van der Waals surface area contributed by atoms with E-state index in [4.69, 9.17) is 14.6 Å². The van der Waals surface area contributed by atoms with Gasteiger partial charge in [-0.3, -0.25) is 0 Å². The zero-order chi connectivity index (χ0) is 13.3. The highest BCUT2D eigenvalue weighted by atomic mass is 16.6. The minimum atomic E-state index is -0.458. The Morgan fingerprint density at radius 3 is 2.78 bits per heavy atom. The number of carbonyl (C=O) groups is 1. The number of nitrogens with zero attached hydrogens (tertiary/aromatic N) is 1. The van der Waals surface area contributed by atoms with E-state index in [0.29, 0.717) is 31.5 Å². The van der Waals surface area contributed by atoms with Gasteiger partial charge < -0.3 is 19.5 Å². The summed E-state index contributed by atoms with van der Waals surface area (Å²) in [5, 5.41) is 9.01. The SMILES string of the molecule is CC(C)(C)OC(=O)N1CC2OCC(CCO)C2C1. The van der Waals surface area contributed by atoms with Crippen LogP contribution in [0.1, 0.15) is 27.2 Å². The number of aliphatic hydroxyl groups is 1. The Morgan fingerprint density at radius 1 is 1.44 bits per heavy atom. The Kier molecular flexibility index (Phi) is 3.82. The summed E-state index contributed by atoms with van der Waals surface area (Å²) in [7, 11) is 0. The summed E-state index contributed by atoms with van der Waals surface area (Å²) in [5.41, 5.74) is -0.458. The summed E-state index contributed by atoms with van der Waals surface area (Å²) in [5.74, 6) is 0.720. The van der Waals surface area contributed by atoms with Crippen LogP contribution in [0.5, 0.6) is 0 Å². The zero-order valence-electron chi connectivity index (χ0n) is 11.4. The van der Waals surface area contributed by atoms with E-state index in [0.717, 1.165) is 6.42 Å². The molecule has 2 aliphatic rings. The molecule has 0 aromatic heterocycles. The van der Waals surface area contributed by atoms with E-state index < -0.39 is 5.60 Å². The highest BCUT2D eigenvalue weighted by Gasteiger charge is 2.45. The maximum Gasteiger partial charge on any atom is 0.410 e. The molecule has 0 spiro atoms. The monoisotopic (exact) mass is 257 g/mol. The van der Waals surface area contributed by atoms with Crippen LogP contribution in [0.3, 0.4) is 0 Å². The lowest BCUT2D eigenvalue weighted by Crippen LogP contribution is -2.36. The number of rotatable bonds is 2. The van der Waals surface area contributed by atoms with Crippen LogP contribution in [0.2, 0.25) is 0 Å². The first-order valence-electron chi connectivity index (χ1n) is 6.61. The van der Waals surface area contributed by atoms with Crippen molar-refractivity contribution >= 4 is 6.09 Å². The second-order valence-corrected chi connectivity index (χ2v) is 6.19. The van der Waals surface area contributed by atoms with Gasteiger partial charge in [0.2, 0.25) is 0 Å². The van der Waals surface area contributed by atoms with Crippen molar-refractivity contribution in [3.8, 4) is 0 Å². The maximum atomic E-state index is 12.0. The number of aliphatic hydroxyl groups excluding tert-OH is 1. The summed E-state index contributed by atoms with van der Waals surface area (Å²) in [6.45, 7) is 7.79. The number of hydrogen-bond donors (Lipinski definition) is 1. The largest absolute Gasteiger partial charge is 0.444 e. The van der Waals surface area contributed by atoms with Crippen LogP contribution in [0.4, 0.5) is 4.79 Å². The van der Waals surface area contributed by atoms with Crippen LogP contribution in [0.15, 0.2) is 0 Å². The van der Waals surface area contributed by atoms with Crippen molar-refractivity contribution in [2.45, 2.75) is 38.9 Å². The van der Waals surface area contributed by atoms with E-state index in [1.54, 1.807) is 4.90 Å². The maximum absolute atomic E-state index is 12.0. The molecule has 0 aliphatic carbocycles. The minimum Gasteiger partial charge on any atom is -0.444 e. The third kappa shape index (κ3) is 2.95. The van der Waals surface area contributed by atoms with Gasteiger partial charge in [0.05, 0.1) is 19.3 Å². The Balaban J connectivity index is 1.90. The lowest BCUT2D eigenvalue weighted by Gasteiger charge is -2.25. The number of amides is 1. The summed E-state index contributed by atoms with van der Waals surface area (Å²) < 4.78 is 11.1. The minimum absolute atomic E-state index is 0.120. The fourth-order valence-electron chi connectivity index (χ4n) is 2.74. The van der Waals surface area contributed by atoms with Crippen molar-refractivity contribution < 1.29 is 19.4 Å². The molecule has 1 amide bonds. The van der Waals surface area contributed by atoms with Gasteiger partial charge in [-0.05, 0) is 33.1 Å². The molecule has 0 radical (unpaired) electrons. The molecule has 5 heteroatoms. The van der Waals surface area contributed by atoms with Crippen molar-refractivity contribution in [3.63, 3.8) is 0 Å². The van der Waals surface area contributed by atoms with E-state index >= 15 is 0 Å². The molecule has 2 rings (SSSR count). The first-order chi connectivity index (χ1) is 8.40. The van der Waals surface area contributed by atoms with Crippen LogP contribution in [-0.4, -0.2) is 54.1 Å². The van der Waals surface area contributed by atoms with Crippen molar-refractivity contribution in [2.75, 3.05) is 26.3 Å². The predicted molar refractivity (Wildman–Crippen MR) is 66.2 cm³/mol. The van der Waals surface area contributed by atoms with E-state index in [2.05, 4.69) is 0 Å². The molecule has 18 heavy (non-hydrogen) atoms. The standard InChI is InChI=1S/C13H23NO4/c1-13(2,3)18-12(16)14-6-10-9(4-5-15)8-17-11(10)7-14/h9-11,15H,4-8H2,1-3H3. The fraction of sp³-hybridized carbons (Fsp3) is 0.923. The lowest BCUT2D eigenvalue weighted by atomic mass is 9.91. The summed E-state index contributed by atoms with van der Waals surface area (Å²) in [6, 6.07) is 0. The fourth-order valence-corrected chi connectivity index (χ4v) is 2.74. The molecule has 2 saturated heterocycles. The summed E-state index contributed by atoms with van der Waals surface area (Å²) in [4.78, 5) is 13.7. The van der Waals surface area contributed by atoms with Gasteiger partial charge in [0, 0.05) is 19.1 Å². The smallest absolute Gasteiger partial charge is 0.410 e. The Labute approximate surface area is 108 Å². The molecule has 1 N–H and O–H groups in total. The molecule has 2 aliphatic heterocycles. The highest BCUT2D eigenvalue weighted by Crippen LogP contribution is 2.35. The third-order valence-corrected chi connectivity index (χ3v) is 3.59. The molecule has 2 fully saturated rings. The number of likely N-dealkylation sites (tertiary alicyclic amines) is 1. The van der Waals surface area contributed by atoms with Gasteiger partial charge in [0.25, 0.3) is 0 Å². The van der Waals surface area contributed by atoms with Gasteiger partial charge in [-0.15, -0.1) is 0 Å². The first-order valence-corrected chi connectivity index (χ1v) is 6.61. The van der Waals surface area contributed by atoms with Gasteiger partial charge in [0.1, 0.15) is 5.60 Å². The Hall–Kier alpha value is -0.810. The normalized spacial score (nSPS) is 31.6. The molecule has 3 unspecified atom stereocenters. The third-order valence-electron chi connectivity index (χ3n) is 3.59. The Morgan fingerprint density at radius 2 is 2.17 bits per heavy atom. The summed E-state index contributed by atoms with van der Waals surface area (Å²) in [6.07, 6.45) is 0.612. The molecule has 5 nitrogen and oxygen atoms in total. The number of carbonyl (C=O) groups excluding carboxylic acids is 1. The predicted octanol–water partition coefficient (Wildman–Crippen LogP) is 1.25. The van der Waals surface area contributed by atoms with Crippen molar-refractivity contribution in [1.29, 1.82) is 0 Å². The average molecular weight is 257 g/mol. The number of hydrogen-bond acceptors (Lipinski definition) is 4. The molecule has 3 atom stereocenters. The quantitative estimate of drug-likeness (QED) is 0.809. The van der Waals surface area contributed by atoms with Gasteiger partial charge in [-0.2, -0.15) is 0 Å². The van der Waals surface area contributed by atoms with Crippen LogP contribution < -0.4 is 0 Å². The second-order valence-electron chi connectivity index (χ2n) is 6.19. The first kappa shape index (κ1) is 13.6. The van der Waals surface area contributed by atoms with Gasteiger partial charge in [-0.1, -0.05) is 0 Å². The van der Waals surface area contributed by atoms with Crippen LogP contribution in [-0.2, 0) is 9.47 Å². The molecule has 0 aromatic rings. The number of ether oxygens (including phenoxy) is 2. The number of fused-ring (bicyclic) bond motifs is 1. The van der Waals surface area contributed by atoms with Crippen molar-refractivity contribution in [3.05, 3.63) is 0 Å². The molecule has 0 saturated carbocycles. The van der Waals surface area contributed by atoms with Crippen molar-refractivity contribution in [1.82, 2.24) is 4.90 Å². The molecule has 0 aromatic carbocycles. The van der Waals surface area contributed by atoms with E-state index in [1.165, 1.54) is 0 Å². The average Bonchev–Trinajstić information content (AvgIpc) is 2.77. The van der Waals surface area contributed by atoms with E-state index in [-0.39, 0.29) is 18.8 Å². The lowest BCUT2D eigenvalue weighted by molar-refractivity contribution is 0.0221. The van der Waals surface area contributed by atoms with E-state index in [9.17, 15) is 4.79 Å². The zero-order valence-corrected chi connectivity index (χ0v) is 11.4. The van der Waals surface area contributed by atoms with Crippen LogP contribution in [0.25, 0.3) is 0 Å². The second kappa shape index (κ2) is 5.05. The molecule has 2 heterocycles. The summed E-state index contributed by atoms with van der Waals surface area (Å²) >= 11 is 0. The van der Waals surface area contributed by atoms with Gasteiger partial charge in [-0.25, -0.2) is 4.79 Å². The van der Waals surface area contributed by atoms with Gasteiger partial charge >= 0.3 is 6.09 Å². The Bertz CT molecular complexity index is 311. The van der Waals surface area contributed by atoms with Crippen molar-refractivity contribution in [2.24, 2.45) is 11.8 Å². The van der Waals surface area contributed by atoms with Gasteiger partial charge in [0.15, 0.2) is 0 Å². The topological polar surface area (TPSA) is 59.0 Å². The van der Waals surface area contributed by atoms with Crippen LogP contribution in [0, 0.1) is 11.8 Å².